The number of fused-ring (bicyclic) bond motifs is 1. The van der Waals surface area contributed by atoms with Gasteiger partial charge in [0.2, 0.25) is 0 Å². The van der Waals surface area contributed by atoms with Crippen LogP contribution in [-0.4, -0.2) is 12.3 Å². The van der Waals surface area contributed by atoms with E-state index in [1.807, 2.05) is 24.3 Å². The lowest BCUT2D eigenvalue weighted by Crippen LogP contribution is -2.02. The molecule has 1 aliphatic carbocycles. The van der Waals surface area contributed by atoms with Crippen LogP contribution in [0.1, 0.15) is 24.5 Å². The Bertz CT molecular complexity index is 478. The smallest absolute Gasteiger partial charge is 0.0991 e. The lowest BCUT2D eigenvalue weighted by Gasteiger charge is -2.01. The van der Waals surface area contributed by atoms with E-state index in [0.717, 1.165) is 12.1 Å². The SMILES string of the molecule is CC12CN=C(c3ccc(C#N)cc3)C1C2. The molecule has 2 nitrogen and oxygen atoms in total. The number of rotatable bonds is 1. The molecule has 3 rings (SSSR count). The van der Waals surface area contributed by atoms with Crippen molar-refractivity contribution in [2.75, 3.05) is 6.54 Å². The van der Waals surface area contributed by atoms with E-state index in [4.69, 9.17) is 5.26 Å². The maximum absolute atomic E-state index is 8.71. The second-order valence-corrected chi connectivity index (χ2v) is 4.80. The molecule has 0 radical (unpaired) electrons. The Labute approximate surface area is 89.3 Å². The van der Waals surface area contributed by atoms with E-state index in [-0.39, 0.29) is 0 Å². The number of nitriles is 1. The van der Waals surface area contributed by atoms with Gasteiger partial charge in [-0.2, -0.15) is 5.26 Å². The standard InChI is InChI=1S/C13H12N2/c1-13-6-11(13)12(15-8-13)10-4-2-9(7-14)3-5-10/h2-5,11H,6,8H2,1H3. The lowest BCUT2D eigenvalue weighted by molar-refractivity contribution is 0.592. The minimum Gasteiger partial charge on any atom is -0.288 e. The van der Waals surface area contributed by atoms with Gasteiger partial charge in [0, 0.05) is 18.2 Å². The predicted molar refractivity (Wildman–Crippen MR) is 58.8 cm³/mol. The second-order valence-electron chi connectivity index (χ2n) is 4.80. The third-order valence-corrected chi connectivity index (χ3v) is 3.60. The Morgan fingerprint density at radius 2 is 2.13 bits per heavy atom. The molecule has 0 spiro atoms. The van der Waals surface area contributed by atoms with E-state index in [9.17, 15) is 0 Å². The van der Waals surface area contributed by atoms with Crippen LogP contribution >= 0.6 is 0 Å². The van der Waals surface area contributed by atoms with E-state index in [1.165, 1.54) is 17.7 Å². The van der Waals surface area contributed by atoms with E-state index < -0.39 is 0 Å². The molecule has 1 saturated carbocycles. The fraction of sp³-hybridized carbons (Fsp3) is 0.385. The topological polar surface area (TPSA) is 36.1 Å². The quantitative estimate of drug-likeness (QED) is 0.679. The van der Waals surface area contributed by atoms with Crippen LogP contribution in [0.25, 0.3) is 0 Å². The van der Waals surface area contributed by atoms with Crippen LogP contribution in [0.15, 0.2) is 29.3 Å². The first-order valence-corrected chi connectivity index (χ1v) is 5.28. The summed E-state index contributed by atoms with van der Waals surface area (Å²) in [7, 11) is 0. The van der Waals surface area contributed by atoms with Gasteiger partial charge in [-0.3, -0.25) is 4.99 Å². The normalized spacial score (nSPS) is 31.7. The number of hydrogen-bond acceptors (Lipinski definition) is 2. The van der Waals surface area contributed by atoms with Gasteiger partial charge in [0.1, 0.15) is 0 Å². The van der Waals surface area contributed by atoms with Crippen molar-refractivity contribution >= 4 is 5.71 Å². The third kappa shape index (κ3) is 1.20. The molecule has 2 unspecified atom stereocenters. The maximum atomic E-state index is 8.71. The van der Waals surface area contributed by atoms with Crippen molar-refractivity contribution in [1.29, 1.82) is 5.26 Å². The fourth-order valence-electron chi connectivity index (χ4n) is 2.39. The highest BCUT2D eigenvalue weighted by atomic mass is 14.9. The molecule has 2 aliphatic rings. The number of aliphatic imine (C=N–C) groups is 1. The van der Waals surface area contributed by atoms with Gasteiger partial charge < -0.3 is 0 Å². The molecule has 1 fully saturated rings. The molecule has 15 heavy (non-hydrogen) atoms. The van der Waals surface area contributed by atoms with Gasteiger partial charge in [0.25, 0.3) is 0 Å². The summed E-state index contributed by atoms with van der Waals surface area (Å²) in [5.41, 5.74) is 3.63. The van der Waals surface area contributed by atoms with Crippen LogP contribution < -0.4 is 0 Å². The van der Waals surface area contributed by atoms with Crippen LogP contribution in [-0.2, 0) is 0 Å². The summed E-state index contributed by atoms with van der Waals surface area (Å²) in [4.78, 5) is 4.60. The van der Waals surface area contributed by atoms with Crippen LogP contribution in [0.4, 0.5) is 0 Å². The predicted octanol–water partition coefficient (Wildman–Crippen LogP) is 2.39. The first kappa shape index (κ1) is 8.67. The largest absolute Gasteiger partial charge is 0.288 e. The monoisotopic (exact) mass is 196 g/mol. The molecule has 0 bridgehead atoms. The zero-order chi connectivity index (χ0) is 10.5. The Balaban J connectivity index is 1.92. The van der Waals surface area contributed by atoms with Crippen LogP contribution in [0.5, 0.6) is 0 Å². The molecule has 1 aromatic rings. The van der Waals surface area contributed by atoms with Gasteiger partial charge >= 0.3 is 0 Å². The zero-order valence-corrected chi connectivity index (χ0v) is 8.70. The van der Waals surface area contributed by atoms with Crippen molar-refractivity contribution in [2.24, 2.45) is 16.3 Å². The molecular weight excluding hydrogens is 184 g/mol. The Morgan fingerprint density at radius 3 is 2.60 bits per heavy atom. The van der Waals surface area contributed by atoms with E-state index >= 15 is 0 Å². The van der Waals surface area contributed by atoms with Crippen LogP contribution in [0.2, 0.25) is 0 Å². The zero-order valence-electron chi connectivity index (χ0n) is 8.70. The molecule has 74 valence electrons. The molecule has 2 atom stereocenters. The van der Waals surface area contributed by atoms with E-state index in [0.29, 0.717) is 11.3 Å². The maximum Gasteiger partial charge on any atom is 0.0991 e. The van der Waals surface area contributed by atoms with Crippen LogP contribution in [0.3, 0.4) is 0 Å². The van der Waals surface area contributed by atoms with E-state index in [1.54, 1.807) is 0 Å². The molecule has 1 aliphatic heterocycles. The molecule has 1 aromatic carbocycles. The molecule has 1 heterocycles. The number of nitrogens with zero attached hydrogens (tertiary/aromatic N) is 2. The van der Waals surface area contributed by atoms with Crippen molar-refractivity contribution in [3.8, 4) is 6.07 Å². The Hall–Kier alpha value is -1.62. The average Bonchev–Trinajstić information content (AvgIpc) is 2.83. The first-order chi connectivity index (χ1) is 7.23. The van der Waals surface area contributed by atoms with Crippen molar-refractivity contribution in [3.05, 3.63) is 35.4 Å². The summed E-state index contributed by atoms with van der Waals surface area (Å²) in [5, 5.41) is 8.71. The summed E-state index contributed by atoms with van der Waals surface area (Å²) in [6.45, 7) is 3.28. The molecular formula is C13H12N2. The first-order valence-electron chi connectivity index (χ1n) is 5.28. The van der Waals surface area contributed by atoms with Gasteiger partial charge in [-0.25, -0.2) is 0 Å². The molecule has 0 aromatic heterocycles. The van der Waals surface area contributed by atoms with Crippen LogP contribution in [0, 0.1) is 22.7 Å². The van der Waals surface area contributed by atoms with Gasteiger partial charge in [-0.15, -0.1) is 0 Å². The average molecular weight is 196 g/mol. The molecule has 0 N–H and O–H groups in total. The van der Waals surface area contributed by atoms with E-state index in [2.05, 4.69) is 18.0 Å². The second kappa shape index (κ2) is 2.70. The molecule has 0 amide bonds. The van der Waals surface area contributed by atoms with Crippen molar-refractivity contribution < 1.29 is 0 Å². The summed E-state index contributed by atoms with van der Waals surface area (Å²) in [5.74, 6) is 0.672. The fourth-order valence-corrected chi connectivity index (χ4v) is 2.39. The minimum atomic E-state index is 0.462. The van der Waals surface area contributed by atoms with Gasteiger partial charge in [-0.05, 0) is 29.5 Å². The third-order valence-electron chi connectivity index (χ3n) is 3.60. The van der Waals surface area contributed by atoms with Gasteiger partial charge in [0.05, 0.1) is 11.6 Å². The highest BCUT2D eigenvalue weighted by Gasteiger charge is 2.56. The van der Waals surface area contributed by atoms with Gasteiger partial charge in [-0.1, -0.05) is 19.1 Å². The highest BCUT2D eigenvalue weighted by molar-refractivity contribution is 6.06. The highest BCUT2D eigenvalue weighted by Crippen LogP contribution is 2.57. The summed E-state index contributed by atoms with van der Waals surface area (Å²) >= 11 is 0. The minimum absolute atomic E-state index is 0.462. The van der Waals surface area contributed by atoms with Gasteiger partial charge in [0.15, 0.2) is 0 Å². The summed E-state index contributed by atoms with van der Waals surface area (Å²) in [6, 6.07) is 9.91. The lowest BCUT2D eigenvalue weighted by atomic mass is 10.0. The molecule has 2 heteroatoms. The summed E-state index contributed by atoms with van der Waals surface area (Å²) < 4.78 is 0. The van der Waals surface area contributed by atoms with Crippen molar-refractivity contribution in [2.45, 2.75) is 13.3 Å². The Kier molecular flexibility index (Phi) is 1.56. The van der Waals surface area contributed by atoms with Crippen molar-refractivity contribution in [1.82, 2.24) is 0 Å². The molecule has 0 saturated heterocycles. The number of benzene rings is 1. The Morgan fingerprint density at radius 1 is 1.40 bits per heavy atom. The number of hydrogen-bond donors (Lipinski definition) is 0. The summed E-state index contributed by atoms with van der Waals surface area (Å²) in [6.07, 6.45) is 1.28. The van der Waals surface area contributed by atoms with Crippen molar-refractivity contribution in [3.63, 3.8) is 0 Å².